The van der Waals surface area contributed by atoms with Crippen LogP contribution in [0.3, 0.4) is 0 Å². The smallest absolute Gasteiger partial charge is 0.309 e. The fraction of sp³-hybridized carbons (Fsp3) is 0.529. The number of aromatic nitrogens is 1. The van der Waals surface area contributed by atoms with Gasteiger partial charge in [-0.1, -0.05) is 51.1 Å². The Kier molecular flexibility index (Phi) is 9.86. The molecule has 2 aromatic carbocycles. The zero-order valence-electron chi connectivity index (χ0n) is 25.6. The van der Waals surface area contributed by atoms with Gasteiger partial charge in [0.1, 0.15) is 12.4 Å². The van der Waals surface area contributed by atoms with Gasteiger partial charge in [0.05, 0.1) is 17.7 Å². The van der Waals surface area contributed by atoms with Gasteiger partial charge in [-0.25, -0.2) is 4.98 Å². The summed E-state index contributed by atoms with van der Waals surface area (Å²) in [5.74, 6) is 0.0674. The summed E-state index contributed by atoms with van der Waals surface area (Å²) in [5.41, 5.74) is 7.05. The Morgan fingerprint density at radius 2 is 1.98 bits per heavy atom. The lowest BCUT2D eigenvalue weighted by molar-refractivity contribution is -0.147. The number of nitrogens with zero attached hydrogens (tertiary/aromatic N) is 3. The zero-order chi connectivity index (χ0) is 29.8. The van der Waals surface area contributed by atoms with Crippen molar-refractivity contribution in [2.75, 3.05) is 38.2 Å². The maximum Gasteiger partial charge on any atom is 0.309 e. The van der Waals surface area contributed by atoms with Gasteiger partial charge in [0, 0.05) is 50.3 Å². The maximum absolute atomic E-state index is 11.6. The number of carboxylic acid groups (broad SMARTS) is 1. The Bertz CT molecular complexity index is 1370. The van der Waals surface area contributed by atoms with E-state index < -0.39 is 11.9 Å². The molecule has 3 atom stereocenters. The molecule has 5 rings (SSSR count). The highest BCUT2D eigenvalue weighted by Gasteiger charge is 2.35. The van der Waals surface area contributed by atoms with Crippen molar-refractivity contribution in [3.05, 3.63) is 64.0 Å². The molecule has 0 radical (unpaired) electrons. The second kappa shape index (κ2) is 13.6. The van der Waals surface area contributed by atoms with E-state index in [0.717, 1.165) is 47.2 Å². The van der Waals surface area contributed by atoms with Crippen LogP contribution in [0.1, 0.15) is 68.2 Å². The molecule has 1 N–H and O–H groups in total. The first-order valence-electron chi connectivity index (χ1n) is 15.4. The molecular weight excluding hydrogens is 546 g/mol. The number of ether oxygens (including phenoxy) is 2. The molecule has 42 heavy (non-hydrogen) atoms. The molecule has 0 aliphatic carbocycles. The summed E-state index contributed by atoms with van der Waals surface area (Å²) in [7, 11) is 1.58. The number of methoxy groups -OCH3 is 1. The van der Waals surface area contributed by atoms with Crippen LogP contribution in [0.25, 0.3) is 11.3 Å². The van der Waals surface area contributed by atoms with E-state index in [0.29, 0.717) is 38.1 Å². The Balaban J connectivity index is 1.31. The first kappa shape index (κ1) is 30.5. The van der Waals surface area contributed by atoms with Crippen molar-refractivity contribution in [3.63, 3.8) is 0 Å². The minimum Gasteiger partial charge on any atom is -0.488 e. The van der Waals surface area contributed by atoms with Crippen molar-refractivity contribution in [1.82, 2.24) is 9.88 Å². The van der Waals surface area contributed by atoms with E-state index in [4.69, 9.17) is 14.5 Å². The van der Waals surface area contributed by atoms with Crippen LogP contribution >= 0.6 is 11.3 Å². The minimum atomic E-state index is -0.796. The molecule has 226 valence electrons. The number of thiazole rings is 1. The molecule has 0 bridgehead atoms. The molecule has 1 aromatic heterocycles. The Hall–Kier alpha value is -2.94. The standard InChI is InChI=1S/C34H45N3O4S/c1-6-26(7-2)36-15-13-25-12-11-24(17-29(25)23(4)18-36)20-41-32-22(3)9-8-10-27(32)30-21-42-34(35-30)37-16-14-28(33(38)39)31(19-37)40-5/h8-12,17,21,23,26,28,31H,6-7,13-16,18-20H2,1-5H3,(H,38,39). The minimum absolute atomic E-state index is 0.354. The van der Waals surface area contributed by atoms with Crippen LogP contribution < -0.4 is 9.64 Å². The summed E-state index contributed by atoms with van der Waals surface area (Å²) in [4.78, 5) is 21.4. The highest BCUT2D eigenvalue weighted by Crippen LogP contribution is 2.37. The molecule has 0 spiro atoms. The van der Waals surface area contributed by atoms with Gasteiger partial charge in [-0.05, 0) is 66.8 Å². The van der Waals surface area contributed by atoms with E-state index in [1.165, 1.54) is 29.5 Å². The molecule has 0 saturated carbocycles. The number of piperidine rings is 1. The fourth-order valence-electron chi connectivity index (χ4n) is 6.71. The van der Waals surface area contributed by atoms with Gasteiger partial charge < -0.3 is 19.5 Å². The average Bonchev–Trinajstić information content (AvgIpc) is 3.43. The van der Waals surface area contributed by atoms with E-state index in [-0.39, 0.29) is 6.10 Å². The third-order valence-corrected chi connectivity index (χ3v) is 10.1. The molecule has 3 unspecified atom stereocenters. The van der Waals surface area contributed by atoms with E-state index in [1.807, 2.05) is 6.07 Å². The van der Waals surface area contributed by atoms with Crippen molar-refractivity contribution in [1.29, 1.82) is 0 Å². The van der Waals surface area contributed by atoms with Crippen LogP contribution in [0.4, 0.5) is 5.13 Å². The monoisotopic (exact) mass is 591 g/mol. The number of para-hydroxylation sites is 1. The molecule has 0 amide bonds. The first-order valence-corrected chi connectivity index (χ1v) is 16.2. The molecular formula is C34H45N3O4S. The van der Waals surface area contributed by atoms with Crippen LogP contribution in [0, 0.1) is 12.8 Å². The number of carboxylic acids is 1. The van der Waals surface area contributed by atoms with E-state index >= 15 is 0 Å². The lowest BCUT2D eigenvalue weighted by Gasteiger charge is -2.35. The van der Waals surface area contributed by atoms with Crippen LogP contribution in [-0.2, 0) is 22.6 Å². The first-order chi connectivity index (χ1) is 20.3. The SMILES string of the molecule is CCC(CC)N1CCc2ccc(COc3c(C)cccc3-c3csc(N4CCC(C(=O)O)C(OC)C4)n3)cc2C(C)C1. The van der Waals surface area contributed by atoms with E-state index in [2.05, 4.69) is 73.2 Å². The molecule has 3 aromatic rings. The predicted octanol–water partition coefficient (Wildman–Crippen LogP) is 6.77. The van der Waals surface area contributed by atoms with Crippen LogP contribution in [0.2, 0.25) is 0 Å². The molecule has 1 saturated heterocycles. The largest absolute Gasteiger partial charge is 0.488 e. The quantitative estimate of drug-likeness (QED) is 0.279. The lowest BCUT2D eigenvalue weighted by Crippen LogP contribution is -2.47. The molecule has 3 heterocycles. The van der Waals surface area contributed by atoms with Gasteiger partial charge in [-0.15, -0.1) is 11.3 Å². The highest BCUT2D eigenvalue weighted by molar-refractivity contribution is 7.14. The van der Waals surface area contributed by atoms with Gasteiger partial charge >= 0.3 is 5.97 Å². The van der Waals surface area contributed by atoms with Crippen LogP contribution in [0.5, 0.6) is 5.75 Å². The Morgan fingerprint density at radius 1 is 1.17 bits per heavy atom. The number of aliphatic carboxylic acids is 1. The number of carbonyl (C=O) groups is 1. The van der Waals surface area contributed by atoms with Gasteiger partial charge in [-0.3, -0.25) is 9.69 Å². The second-order valence-electron chi connectivity index (χ2n) is 11.9. The fourth-order valence-corrected chi connectivity index (χ4v) is 7.57. The topological polar surface area (TPSA) is 75.1 Å². The summed E-state index contributed by atoms with van der Waals surface area (Å²) in [6.07, 6.45) is 3.69. The number of benzene rings is 2. The summed E-state index contributed by atoms with van der Waals surface area (Å²) in [6, 6.07) is 13.8. The number of anilines is 1. The molecule has 8 heteroatoms. The number of aryl methyl sites for hydroxylation is 1. The van der Waals surface area contributed by atoms with Crippen molar-refractivity contribution >= 4 is 22.4 Å². The Labute approximate surface area is 254 Å². The summed E-state index contributed by atoms with van der Waals surface area (Å²) < 4.78 is 12.1. The number of hydrogen-bond acceptors (Lipinski definition) is 7. The van der Waals surface area contributed by atoms with Gasteiger partial charge in [0.2, 0.25) is 0 Å². The number of fused-ring (bicyclic) bond motifs is 1. The maximum atomic E-state index is 11.6. The molecule has 2 aliphatic heterocycles. The molecule has 7 nitrogen and oxygen atoms in total. The van der Waals surface area contributed by atoms with Crippen molar-refractivity contribution in [2.45, 2.75) is 78.0 Å². The summed E-state index contributed by atoms with van der Waals surface area (Å²) in [6.45, 7) is 13.0. The predicted molar refractivity (Wildman–Crippen MR) is 170 cm³/mol. The summed E-state index contributed by atoms with van der Waals surface area (Å²) in [5, 5.41) is 12.5. The van der Waals surface area contributed by atoms with Gasteiger partial charge in [0.15, 0.2) is 5.13 Å². The Morgan fingerprint density at radius 3 is 2.71 bits per heavy atom. The lowest BCUT2D eigenvalue weighted by atomic mass is 9.93. The second-order valence-corrected chi connectivity index (χ2v) is 12.7. The van der Waals surface area contributed by atoms with Crippen LogP contribution in [0.15, 0.2) is 41.8 Å². The van der Waals surface area contributed by atoms with E-state index in [9.17, 15) is 9.90 Å². The average molecular weight is 592 g/mol. The van der Waals surface area contributed by atoms with Gasteiger partial charge in [-0.2, -0.15) is 0 Å². The van der Waals surface area contributed by atoms with Crippen molar-refractivity contribution in [3.8, 4) is 17.0 Å². The van der Waals surface area contributed by atoms with Gasteiger partial charge in [0.25, 0.3) is 0 Å². The molecule has 1 fully saturated rings. The van der Waals surface area contributed by atoms with Crippen LogP contribution in [-0.4, -0.2) is 66.4 Å². The highest BCUT2D eigenvalue weighted by atomic mass is 32.1. The van der Waals surface area contributed by atoms with E-state index in [1.54, 1.807) is 18.4 Å². The third-order valence-electron chi connectivity index (χ3n) is 9.19. The van der Waals surface area contributed by atoms with Crippen molar-refractivity contribution in [2.24, 2.45) is 5.92 Å². The summed E-state index contributed by atoms with van der Waals surface area (Å²) >= 11 is 1.58. The third kappa shape index (κ3) is 6.51. The normalized spacial score (nSPS) is 21.3. The number of rotatable bonds is 10. The number of hydrogen-bond donors (Lipinski definition) is 1. The molecule has 2 aliphatic rings. The zero-order valence-corrected chi connectivity index (χ0v) is 26.5. The van der Waals surface area contributed by atoms with Crippen molar-refractivity contribution < 1.29 is 19.4 Å².